The van der Waals surface area contributed by atoms with E-state index in [1.54, 1.807) is 0 Å². The van der Waals surface area contributed by atoms with Crippen molar-refractivity contribution in [2.45, 2.75) is 25.7 Å². The summed E-state index contributed by atoms with van der Waals surface area (Å²) in [5, 5.41) is 0. The Bertz CT molecular complexity index is 328. The van der Waals surface area contributed by atoms with Gasteiger partial charge in [0.25, 0.3) is 0 Å². The summed E-state index contributed by atoms with van der Waals surface area (Å²) in [7, 11) is 0. The monoisotopic (exact) mass is 203 g/mol. The van der Waals surface area contributed by atoms with Crippen LogP contribution in [-0.4, -0.2) is 5.84 Å². The number of nitrogens with two attached hydrogens (primary N) is 1. The minimum absolute atomic E-state index is 0.781. The third-order valence-corrected chi connectivity index (χ3v) is 2.89. The summed E-state index contributed by atoms with van der Waals surface area (Å²) in [5.74, 6) is 7.14. The molecule has 80 valence electrons. The van der Waals surface area contributed by atoms with Gasteiger partial charge in [-0.2, -0.15) is 0 Å². The van der Waals surface area contributed by atoms with Gasteiger partial charge in [-0.1, -0.05) is 37.5 Å². The molecule has 1 aromatic carbocycles. The molecule has 1 saturated carbocycles. The number of rotatable bonds is 3. The van der Waals surface area contributed by atoms with Gasteiger partial charge in [-0.05, 0) is 18.1 Å². The molecule has 0 aromatic heterocycles. The fraction of sp³-hybridized carbons (Fsp3) is 0.417. The van der Waals surface area contributed by atoms with Crippen LogP contribution in [0.4, 0.5) is 5.69 Å². The van der Waals surface area contributed by atoms with Crippen LogP contribution in [0.2, 0.25) is 0 Å². The minimum Gasteiger partial charge on any atom is -0.312 e. The van der Waals surface area contributed by atoms with E-state index in [9.17, 15) is 0 Å². The lowest BCUT2D eigenvalue weighted by molar-refractivity contribution is 0.325. The Balaban J connectivity index is 2.01. The summed E-state index contributed by atoms with van der Waals surface area (Å²) in [5.41, 5.74) is 3.66. The number of nitrogens with zero attached hydrogens (tertiary/aromatic N) is 1. The molecule has 0 heterocycles. The molecule has 1 aromatic rings. The Kier molecular flexibility index (Phi) is 3.35. The lowest BCUT2D eigenvalue weighted by Crippen LogP contribution is -2.33. The minimum atomic E-state index is 0.781. The van der Waals surface area contributed by atoms with Crippen molar-refractivity contribution in [1.82, 2.24) is 5.43 Å². The van der Waals surface area contributed by atoms with Crippen LogP contribution in [0, 0.1) is 5.92 Å². The highest BCUT2D eigenvalue weighted by Gasteiger charge is 2.19. The molecule has 0 bridgehead atoms. The van der Waals surface area contributed by atoms with Crippen LogP contribution in [0.15, 0.2) is 35.3 Å². The maximum atomic E-state index is 5.47. The van der Waals surface area contributed by atoms with E-state index in [1.807, 2.05) is 30.3 Å². The number of hydrogen-bond donors (Lipinski definition) is 2. The van der Waals surface area contributed by atoms with Gasteiger partial charge in [0.05, 0.1) is 5.69 Å². The molecule has 15 heavy (non-hydrogen) atoms. The maximum Gasteiger partial charge on any atom is 0.116 e. The van der Waals surface area contributed by atoms with E-state index in [-0.39, 0.29) is 0 Å². The predicted octanol–water partition coefficient (Wildman–Crippen LogP) is 2.37. The zero-order valence-electron chi connectivity index (χ0n) is 8.82. The number of hydrazine groups is 1. The molecule has 0 atom stereocenters. The van der Waals surface area contributed by atoms with E-state index in [0.29, 0.717) is 0 Å². The van der Waals surface area contributed by atoms with Crippen molar-refractivity contribution in [2.75, 3.05) is 0 Å². The van der Waals surface area contributed by atoms with E-state index in [4.69, 9.17) is 5.84 Å². The standard InChI is InChI=1S/C12H17N3/c13-15-12(9-10-5-4-6-10)14-11-7-2-1-3-8-11/h1-3,7-8,10H,4-6,9,13H2,(H,14,15). The van der Waals surface area contributed by atoms with Crippen molar-refractivity contribution in [3.63, 3.8) is 0 Å². The van der Waals surface area contributed by atoms with Gasteiger partial charge in [0.2, 0.25) is 0 Å². The summed E-state index contributed by atoms with van der Waals surface area (Å²) < 4.78 is 0. The summed E-state index contributed by atoms with van der Waals surface area (Å²) in [6.45, 7) is 0. The number of benzene rings is 1. The summed E-state index contributed by atoms with van der Waals surface area (Å²) >= 11 is 0. The smallest absolute Gasteiger partial charge is 0.116 e. The molecular weight excluding hydrogens is 186 g/mol. The second-order valence-electron chi connectivity index (χ2n) is 4.04. The molecule has 0 spiro atoms. The lowest BCUT2D eigenvalue weighted by atomic mass is 9.83. The van der Waals surface area contributed by atoms with E-state index in [1.165, 1.54) is 19.3 Å². The first-order chi connectivity index (χ1) is 7.38. The zero-order chi connectivity index (χ0) is 10.5. The molecule has 0 radical (unpaired) electrons. The SMILES string of the molecule is NNC(CC1CCC1)=Nc1ccccc1. The molecule has 0 aliphatic heterocycles. The Morgan fingerprint density at radius 2 is 2.07 bits per heavy atom. The second kappa shape index (κ2) is 4.94. The summed E-state index contributed by atoms with van der Waals surface area (Å²) in [6, 6.07) is 9.92. The van der Waals surface area contributed by atoms with Crippen molar-refractivity contribution in [3.05, 3.63) is 30.3 Å². The lowest BCUT2D eigenvalue weighted by Gasteiger charge is -2.25. The quantitative estimate of drug-likeness (QED) is 0.343. The fourth-order valence-corrected chi connectivity index (χ4v) is 1.77. The first-order valence-corrected chi connectivity index (χ1v) is 5.47. The molecule has 3 heteroatoms. The molecule has 3 nitrogen and oxygen atoms in total. The molecular formula is C12H17N3. The van der Waals surface area contributed by atoms with Gasteiger partial charge in [0, 0.05) is 6.42 Å². The molecule has 1 aliphatic carbocycles. The molecule has 0 amide bonds. The van der Waals surface area contributed by atoms with Gasteiger partial charge >= 0.3 is 0 Å². The topological polar surface area (TPSA) is 50.4 Å². The number of nitrogens with one attached hydrogen (secondary N) is 1. The predicted molar refractivity (Wildman–Crippen MR) is 62.8 cm³/mol. The summed E-state index contributed by atoms with van der Waals surface area (Å²) in [6.07, 6.45) is 4.96. The van der Waals surface area contributed by atoms with Crippen molar-refractivity contribution in [3.8, 4) is 0 Å². The highest BCUT2D eigenvalue weighted by atomic mass is 15.2. The fourth-order valence-electron chi connectivity index (χ4n) is 1.77. The van der Waals surface area contributed by atoms with Crippen molar-refractivity contribution in [1.29, 1.82) is 0 Å². The van der Waals surface area contributed by atoms with E-state index in [0.717, 1.165) is 23.9 Å². The molecule has 2 rings (SSSR count). The van der Waals surface area contributed by atoms with Gasteiger partial charge in [-0.25, -0.2) is 10.8 Å². The van der Waals surface area contributed by atoms with Gasteiger partial charge < -0.3 is 5.43 Å². The van der Waals surface area contributed by atoms with E-state index < -0.39 is 0 Å². The molecule has 1 fully saturated rings. The van der Waals surface area contributed by atoms with Gasteiger partial charge in [-0.15, -0.1) is 0 Å². The van der Waals surface area contributed by atoms with Crippen LogP contribution in [0.25, 0.3) is 0 Å². The molecule has 3 N–H and O–H groups in total. The third-order valence-electron chi connectivity index (χ3n) is 2.89. The van der Waals surface area contributed by atoms with Gasteiger partial charge in [0.1, 0.15) is 5.84 Å². The van der Waals surface area contributed by atoms with Crippen LogP contribution >= 0.6 is 0 Å². The Morgan fingerprint density at radius 3 is 2.60 bits per heavy atom. The van der Waals surface area contributed by atoms with Crippen molar-refractivity contribution in [2.24, 2.45) is 16.8 Å². The Labute approximate surface area is 90.4 Å². The van der Waals surface area contributed by atoms with Crippen LogP contribution in [0.5, 0.6) is 0 Å². The maximum absolute atomic E-state index is 5.47. The second-order valence-corrected chi connectivity index (χ2v) is 4.04. The Morgan fingerprint density at radius 1 is 1.33 bits per heavy atom. The Hall–Kier alpha value is -1.35. The number of para-hydroxylation sites is 1. The average Bonchev–Trinajstić information content (AvgIpc) is 2.23. The number of aliphatic imine (C=N–C) groups is 1. The zero-order valence-corrected chi connectivity index (χ0v) is 8.82. The number of hydrogen-bond acceptors (Lipinski definition) is 2. The van der Waals surface area contributed by atoms with Crippen molar-refractivity contribution < 1.29 is 0 Å². The first kappa shape index (κ1) is 10.2. The van der Waals surface area contributed by atoms with Crippen LogP contribution in [0.3, 0.4) is 0 Å². The number of amidine groups is 1. The van der Waals surface area contributed by atoms with E-state index >= 15 is 0 Å². The van der Waals surface area contributed by atoms with Crippen LogP contribution in [-0.2, 0) is 0 Å². The van der Waals surface area contributed by atoms with Gasteiger partial charge in [-0.3, -0.25) is 0 Å². The van der Waals surface area contributed by atoms with Crippen molar-refractivity contribution >= 4 is 11.5 Å². The van der Waals surface area contributed by atoms with E-state index in [2.05, 4.69) is 10.4 Å². The molecule has 0 unspecified atom stereocenters. The first-order valence-electron chi connectivity index (χ1n) is 5.47. The highest BCUT2D eigenvalue weighted by Crippen LogP contribution is 2.29. The average molecular weight is 203 g/mol. The third kappa shape index (κ3) is 2.80. The molecule has 1 aliphatic rings. The highest BCUT2D eigenvalue weighted by molar-refractivity contribution is 5.84. The normalized spacial score (nSPS) is 17.3. The van der Waals surface area contributed by atoms with Crippen LogP contribution in [0.1, 0.15) is 25.7 Å². The largest absolute Gasteiger partial charge is 0.312 e. The summed E-state index contributed by atoms with van der Waals surface area (Å²) in [4.78, 5) is 4.48. The molecule has 0 saturated heterocycles. The van der Waals surface area contributed by atoms with Crippen LogP contribution < -0.4 is 11.3 Å². The van der Waals surface area contributed by atoms with Gasteiger partial charge in [0.15, 0.2) is 0 Å².